The number of halogens is 1. The fourth-order valence-corrected chi connectivity index (χ4v) is 3.46. The SMILES string of the molecule is O=C(c1n[nH]c(=O)c2ccccc12)N1CCCC1c1ccc(F)cc1. The number of carbonyl (C=O) groups is 1. The van der Waals surface area contributed by atoms with Crippen LogP contribution in [0.5, 0.6) is 0 Å². The third-order valence-corrected chi connectivity index (χ3v) is 4.67. The van der Waals surface area contributed by atoms with Crippen LogP contribution >= 0.6 is 0 Å². The van der Waals surface area contributed by atoms with Gasteiger partial charge in [-0.3, -0.25) is 9.59 Å². The number of hydrogen-bond donors (Lipinski definition) is 1. The van der Waals surface area contributed by atoms with Crippen LogP contribution in [0.4, 0.5) is 4.39 Å². The number of amides is 1. The molecule has 1 atom stereocenters. The van der Waals surface area contributed by atoms with Gasteiger partial charge in [-0.1, -0.05) is 30.3 Å². The highest BCUT2D eigenvalue weighted by Gasteiger charge is 2.32. The Morgan fingerprint density at radius 2 is 1.84 bits per heavy atom. The second-order valence-electron chi connectivity index (χ2n) is 6.16. The average molecular weight is 337 g/mol. The molecule has 0 saturated carbocycles. The van der Waals surface area contributed by atoms with Gasteiger partial charge in [0.2, 0.25) is 0 Å². The predicted octanol–water partition coefficient (Wildman–Crippen LogP) is 3.04. The van der Waals surface area contributed by atoms with Crippen molar-refractivity contribution >= 4 is 16.7 Å². The number of aromatic amines is 1. The van der Waals surface area contributed by atoms with Crippen LogP contribution in [-0.4, -0.2) is 27.5 Å². The molecular weight excluding hydrogens is 321 g/mol. The summed E-state index contributed by atoms with van der Waals surface area (Å²) in [5, 5.41) is 7.40. The van der Waals surface area contributed by atoms with Crippen LogP contribution in [0.3, 0.4) is 0 Å². The van der Waals surface area contributed by atoms with Crippen molar-refractivity contribution in [1.29, 1.82) is 0 Å². The Morgan fingerprint density at radius 1 is 1.12 bits per heavy atom. The van der Waals surface area contributed by atoms with Gasteiger partial charge in [-0.2, -0.15) is 5.10 Å². The van der Waals surface area contributed by atoms with Crippen molar-refractivity contribution in [3.05, 3.63) is 76.0 Å². The zero-order chi connectivity index (χ0) is 17.4. The molecule has 1 aliphatic rings. The van der Waals surface area contributed by atoms with Crippen LogP contribution < -0.4 is 5.56 Å². The van der Waals surface area contributed by atoms with Gasteiger partial charge in [0, 0.05) is 11.9 Å². The molecular formula is C19H16FN3O2. The molecule has 2 aromatic carbocycles. The van der Waals surface area contributed by atoms with E-state index in [0.717, 1.165) is 18.4 Å². The van der Waals surface area contributed by atoms with Gasteiger partial charge >= 0.3 is 0 Å². The topological polar surface area (TPSA) is 66.1 Å². The first kappa shape index (κ1) is 15.5. The van der Waals surface area contributed by atoms with Crippen molar-refractivity contribution in [1.82, 2.24) is 15.1 Å². The van der Waals surface area contributed by atoms with E-state index in [4.69, 9.17) is 0 Å². The lowest BCUT2D eigenvalue weighted by atomic mass is 10.0. The standard InChI is InChI=1S/C19H16FN3O2/c20-13-9-7-12(8-10-13)16-6-3-11-23(16)19(25)17-14-4-1-2-5-15(14)18(24)22-21-17/h1-2,4-5,7-10,16H,3,6,11H2,(H,22,24). The van der Waals surface area contributed by atoms with Crippen molar-refractivity contribution in [2.75, 3.05) is 6.54 Å². The normalized spacial score (nSPS) is 17.2. The van der Waals surface area contributed by atoms with E-state index in [0.29, 0.717) is 17.3 Å². The number of aromatic nitrogens is 2. The Labute approximate surface area is 143 Å². The Balaban J connectivity index is 1.74. The molecule has 1 N–H and O–H groups in total. The summed E-state index contributed by atoms with van der Waals surface area (Å²) >= 11 is 0. The van der Waals surface area contributed by atoms with E-state index in [1.807, 2.05) is 0 Å². The lowest BCUT2D eigenvalue weighted by Crippen LogP contribution is -2.32. The first-order valence-electron chi connectivity index (χ1n) is 8.19. The van der Waals surface area contributed by atoms with Crippen molar-refractivity contribution in [2.24, 2.45) is 0 Å². The number of H-pyrrole nitrogens is 1. The molecule has 0 bridgehead atoms. The smallest absolute Gasteiger partial charge is 0.275 e. The summed E-state index contributed by atoms with van der Waals surface area (Å²) in [6.07, 6.45) is 1.69. The quantitative estimate of drug-likeness (QED) is 0.782. The van der Waals surface area contributed by atoms with Crippen LogP contribution in [0.1, 0.15) is 34.9 Å². The number of fused-ring (bicyclic) bond motifs is 1. The number of benzene rings is 2. The monoisotopic (exact) mass is 337 g/mol. The summed E-state index contributed by atoms with van der Waals surface area (Å²) in [5.74, 6) is -0.521. The molecule has 3 aromatic rings. The number of carbonyl (C=O) groups excluding carboxylic acids is 1. The number of hydrogen-bond acceptors (Lipinski definition) is 3. The highest BCUT2D eigenvalue weighted by molar-refractivity contribution is 6.04. The lowest BCUT2D eigenvalue weighted by molar-refractivity contribution is 0.0730. The van der Waals surface area contributed by atoms with Crippen LogP contribution in [-0.2, 0) is 0 Å². The zero-order valence-corrected chi connectivity index (χ0v) is 13.4. The molecule has 1 fully saturated rings. The minimum absolute atomic E-state index is 0.111. The first-order valence-corrected chi connectivity index (χ1v) is 8.19. The van der Waals surface area contributed by atoms with Crippen molar-refractivity contribution in [3.8, 4) is 0 Å². The molecule has 1 aromatic heterocycles. The molecule has 1 unspecified atom stereocenters. The highest BCUT2D eigenvalue weighted by atomic mass is 19.1. The highest BCUT2D eigenvalue weighted by Crippen LogP contribution is 2.33. The van der Waals surface area contributed by atoms with Crippen molar-refractivity contribution < 1.29 is 9.18 Å². The Hall–Kier alpha value is -3.02. The maximum absolute atomic E-state index is 13.2. The zero-order valence-electron chi connectivity index (χ0n) is 13.4. The van der Waals surface area contributed by atoms with Gasteiger partial charge in [0.25, 0.3) is 11.5 Å². The molecule has 1 saturated heterocycles. The number of rotatable bonds is 2. The van der Waals surface area contributed by atoms with Gasteiger partial charge in [-0.15, -0.1) is 0 Å². The molecule has 1 aliphatic heterocycles. The maximum Gasteiger partial charge on any atom is 0.275 e. The Bertz CT molecular complexity index is 997. The summed E-state index contributed by atoms with van der Waals surface area (Å²) in [7, 11) is 0. The minimum Gasteiger partial charge on any atom is -0.330 e. The molecule has 2 heterocycles. The fraction of sp³-hybridized carbons (Fsp3) is 0.211. The summed E-state index contributed by atoms with van der Waals surface area (Å²) in [6, 6.07) is 13.1. The predicted molar refractivity (Wildman–Crippen MR) is 91.8 cm³/mol. The van der Waals surface area contributed by atoms with Gasteiger partial charge in [0.15, 0.2) is 5.69 Å². The van der Waals surface area contributed by atoms with Gasteiger partial charge in [0.05, 0.1) is 11.4 Å². The van der Waals surface area contributed by atoms with Gasteiger partial charge in [-0.25, -0.2) is 9.49 Å². The van der Waals surface area contributed by atoms with E-state index in [-0.39, 0.29) is 29.0 Å². The summed E-state index contributed by atoms with van der Waals surface area (Å²) in [5.41, 5.74) is 0.828. The number of likely N-dealkylation sites (tertiary alicyclic amines) is 1. The second-order valence-corrected chi connectivity index (χ2v) is 6.16. The summed E-state index contributed by atoms with van der Waals surface area (Å²) < 4.78 is 13.2. The van der Waals surface area contributed by atoms with Crippen LogP contribution in [0.25, 0.3) is 10.8 Å². The number of nitrogens with one attached hydrogen (secondary N) is 1. The van der Waals surface area contributed by atoms with Crippen molar-refractivity contribution in [3.63, 3.8) is 0 Å². The third kappa shape index (κ3) is 2.69. The van der Waals surface area contributed by atoms with E-state index < -0.39 is 0 Å². The average Bonchev–Trinajstić information content (AvgIpc) is 3.12. The van der Waals surface area contributed by atoms with E-state index in [9.17, 15) is 14.0 Å². The van der Waals surface area contributed by atoms with Gasteiger partial charge in [0.1, 0.15) is 5.82 Å². The largest absolute Gasteiger partial charge is 0.330 e. The van der Waals surface area contributed by atoms with Crippen molar-refractivity contribution in [2.45, 2.75) is 18.9 Å². The van der Waals surface area contributed by atoms with Crippen LogP contribution in [0.15, 0.2) is 53.3 Å². The molecule has 25 heavy (non-hydrogen) atoms. The molecule has 126 valence electrons. The molecule has 0 spiro atoms. The Morgan fingerprint density at radius 3 is 2.60 bits per heavy atom. The van der Waals surface area contributed by atoms with E-state index in [1.165, 1.54) is 12.1 Å². The minimum atomic E-state index is -0.316. The molecule has 0 radical (unpaired) electrons. The fourth-order valence-electron chi connectivity index (χ4n) is 3.46. The molecule has 5 nitrogen and oxygen atoms in total. The van der Waals surface area contributed by atoms with Gasteiger partial charge in [-0.05, 0) is 36.6 Å². The van der Waals surface area contributed by atoms with E-state index in [1.54, 1.807) is 41.3 Å². The second kappa shape index (κ2) is 6.12. The van der Waals surface area contributed by atoms with E-state index >= 15 is 0 Å². The molecule has 1 amide bonds. The Kier molecular flexibility index (Phi) is 3.80. The molecule has 4 rings (SSSR count). The summed E-state index contributed by atoms with van der Waals surface area (Å²) in [6.45, 7) is 0.607. The van der Waals surface area contributed by atoms with E-state index in [2.05, 4.69) is 10.2 Å². The van der Waals surface area contributed by atoms with Crippen LogP contribution in [0, 0.1) is 5.82 Å². The first-order chi connectivity index (χ1) is 12.1. The molecule has 6 heteroatoms. The third-order valence-electron chi connectivity index (χ3n) is 4.67. The lowest BCUT2D eigenvalue weighted by Gasteiger charge is -2.25. The van der Waals surface area contributed by atoms with Crippen LogP contribution in [0.2, 0.25) is 0 Å². The maximum atomic E-state index is 13.2. The van der Waals surface area contributed by atoms with Gasteiger partial charge < -0.3 is 4.90 Å². The number of nitrogens with zero attached hydrogens (tertiary/aromatic N) is 2. The summed E-state index contributed by atoms with van der Waals surface area (Å²) in [4.78, 5) is 26.8. The molecule has 0 aliphatic carbocycles.